The van der Waals surface area contributed by atoms with Crippen LogP contribution in [-0.4, -0.2) is 53.4 Å². The van der Waals surface area contributed by atoms with Gasteiger partial charge in [-0.15, -0.1) is 0 Å². The Balaban J connectivity index is 2.75. The average Bonchev–Trinajstić information content (AvgIpc) is 2.14. The van der Waals surface area contributed by atoms with Crippen LogP contribution in [0.1, 0.15) is 6.92 Å². The average molecular weight is 241 g/mol. The zero-order valence-electron chi connectivity index (χ0n) is 8.32. The second kappa shape index (κ2) is 4.28. The lowest BCUT2D eigenvalue weighted by Crippen LogP contribution is -2.54. The molecule has 0 spiro atoms. The molecule has 1 amide bonds. The highest BCUT2D eigenvalue weighted by molar-refractivity contribution is 5.83. The predicted octanol–water partition coefficient (Wildman–Crippen LogP) is 0.249. The highest BCUT2D eigenvalue weighted by Crippen LogP contribution is 2.21. The molecule has 1 N–H and O–H groups in total. The van der Waals surface area contributed by atoms with Gasteiger partial charge in [0.05, 0.1) is 12.6 Å². The summed E-state index contributed by atoms with van der Waals surface area (Å²) < 4.78 is 41.2. The van der Waals surface area contributed by atoms with Gasteiger partial charge >= 0.3 is 18.1 Å². The van der Waals surface area contributed by atoms with E-state index in [0.717, 1.165) is 0 Å². The highest BCUT2D eigenvalue weighted by Gasteiger charge is 2.45. The summed E-state index contributed by atoms with van der Waals surface area (Å²) in [5.41, 5.74) is 0. The monoisotopic (exact) mass is 241 g/mol. The fraction of sp³-hybridized carbons (Fsp3) is 0.750. The molecule has 8 heteroatoms. The molecule has 1 fully saturated rings. The molecule has 1 saturated heterocycles. The van der Waals surface area contributed by atoms with Gasteiger partial charge in [-0.3, -0.25) is 4.79 Å². The number of nitrogens with zero attached hydrogens (tertiary/aromatic N) is 1. The summed E-state index contributed by atoms with van der Waals surface area (Å²) in [5.74, 6) is -3.42. The standard InChI is InChI=1S/C8H10F3NO4/c1-4-2-12(7(15)8(9,10)11)3-5(16-4)6(13)14/h4-5H,2-3H2,1H3,(H,13,14)/t4-,5-/m1/s1. The Hall–Kier alpha value is -1.31. The van der Waals surface area contributed by atoms with E-state index in [2.05, 4.69) is 0 Å². The molecule has 1 aliphatic rings. The normalized spacial score (nSPS) is 26.6. The first kappa shape index (κ1) is 12.8. The molecule has 0 aromatic heterocycles. The largest absolute Gasteiger partial charge is 0.479 e. The highest BCUT2D eigenvalue weighted by atomic mass is 19.4. The van der Waals surface area contributed by atoms with E-state index in [1.165, 1.54) is 6.92 Å². The first-order chi connectivity index (χ1) is 7.21. The quantitative estimate of drug-likeness (QED) is 0.714. The van der Waals surface area contributed by atoms with Crippen LogP contribution in [0.15, 0.2) is 0 Å². The number of morpholine rings is 1. The second-order valence-corrected chi connectivity index (χ2v) is 3.48. The Kier molecular flexibility index (Phi) is 3.41. The van der Waals surface area contributed by atoms with Crippen molar-refractivity contribution in [1.29, 1.82) is 0 Å². The second-order valence-electron chi connectivity index (χ2n) is 3.48. The van der Waals surface area contributed by atoms with Crippen molar-refractivity contribution in [2.75, 3.05) is 13.1 Å². The summed E-state index contributed by atoms with van der Waals surface area (Å²) in [4.78, 5) is 21.9. The van der Waals surface area contributed by atoms with Crippen molar-refractivity contribution in [2.24, 2.45) is 0 Å². The third kappa shape index (κ3) is 2.84. The summed E-state index contributed by atoms with van der Waals surface area (Å²) in [6.45, 7) is 0.561. The van der Waals surface area contributed by atoms with Crippen LogP contribution < -0.4 is 0 Å². The van der Waals surface area contributed by atoms with E-state index in [9.17, 15) is 22.8 Å². The van der Waals surface area contributed by atoms with E-state index in [1.54, 1.807) is 0 Å². The summed E-state index contributed by atoms with van der Waals surface area (Å²) in [6, 6.07) is 0. The molecule has 92 valence electrons. The third-order valence-corrected chi connectivity index (χ3v) is 2.07. The number of aliphatic carboxylic acids is 1. The molecule has 5 nitrogen and oxygen atoms in total. The van der Waals surface area contributed by atoms with Crippen molar-refractivity contribution in [1.82, 2.24) is 4.90 Å². The van der Waals surface area contributed by atoms with Gasteiger partial charge in [0.15, 0.2) is 6.10 Å². The van der Waals surface area contributed by atoms with Crippen molar-refractivity contribution < 1.29 is 32.6 Å². The van der Waals surface area contributed by atoms with E-state index in [-0.39, 0.29) is 6.54 Å². The van der Waals surface area contributed by atoms with E-state index < -0.39 is 36.8 Å². The Morgan fingerprint density at radius 2 is 1.94 bits per heavy atom. The van der Waals surface area contributed by atoms with E-state index in [4.69, 9.17) is 9.84 Å². The third-order valence-electron chi connectivity index (χ3n) is 2.07. The first-order valence-corrected chi connectivity index (χ1v) is 4.46. The van der Waals surface area contributed by atoms with Crippen LogP contribution in [0.25, 0.3) is 0 Å². The molecular formula is C8H10F3NO4. The summed E-state index contributed by atoms with van der Waals surface area (Å²) in [7, 11) is 0. The summed E-state index contributed by atoms with van der Waals surface area (Å²) in [5, 5.41) is 8.61. The van der Waals surface area contributed by atoms with Crippen LogP contribution >= 0.6 is 0 Å². The van der Waals surface area contributed by atoms with Crippen molar-refractivity contribution in [2.45, 2.75) is 25.3 Å². The molecule has 0 aliphatic carbocycles. The number of alkyl halides is 3. The number of carboxylic acid groups (broad SMARTS) is 1. The number of ether oxygens (including phenoxy) is 1. The molecule has 1 heterocycles. The summed E-state index contributed by atoms with van der Waals surface area (Å²) in [6.07, 6.45) is -7.13. The van der Waals surface area contributed by atoms with Gasteiger partial charge in [0.1, 0.15) is 0 Å². The van der Waals surface area contributed by atoms with Crippen LogP contribution in [0.4, 0.5) is 13.2 Å². The number of amides is 1. The van der Waals surface area contributed by atoms with Gasteiger partial charge in [-0.25, -0.2) is 4.79 Å². The molecule has 1 aliphatic heterocycles. The molecular weight excluding hydrogens is 231 g/mol. The first-order valence-electron chi connectivity index (χ1n) is 4.46. The fourth-order valence-corrected chi connectivity index (χ4v) is 1.43. The number of rotatable bonds is 1. The number of carbonyl (C=O) groups excluding carboxylic acids is 1. The Morgan fingerprint density at radius 1 is 1.38 bits per heavy atom. The molecule has 0 saturated carbocycles. The molecule has 0 radical (unpaired) electrons. The number of carboxylic acids is 1. The smallest absolute Gasteiger partial charge is 0.471 e. The Bertz CT molecular complexity index is 304. The van der Waals surface area contributed by atoms with Crippen LogP contribution in [-0.2, 0) is 14.3 Å². The number of hydrogen-bond acceptors (Lipinski definition) is 3. The van der Waals surface area contributed by atoms with Crippen molar-refractivity contribution in [3.63, 3.8) is 0 Å². The zero-order chi connectivity index (χ0) is 12.5. The van der Waals surface area contributed by atoms with Gasteiger partial charge in [0, 0.05) is 6.54 Å². The van der Waals surface area contributed by atoms with E-state index in [1.807, 2.05) is 0 Å². The van der Waals surface area contributed by atoms with Crippen LogP contribution in [0, 0.1) is 0 Å². The minimum absolute atomic E-state index is 0.262. The number of halogens is 3. The van der Waals surface area contributed by atoms with Gasteiger partial charge in [-0.2, -0.15) is 13.2 Å². The maximum absolute atomic E-state index is 12.1. The van der Waals surface area contributed by atoms with Crippen molar-refractivity contribution in [3.8, 4) is 0 Å². The van der Waals surface area contributed by atoms with Gasteiger partial charge in [0.2, 0.25) is 0 Å². The van der Waals surface area contributed by atoms with Crippen LogP contribution in [0.5, 0.6) is 0 Å². The van der Waals surface area contributed by atoms with E-state index >= 15 is 0 Å². The Morgan fingerprint density at radius 3 is 2.38 bits per heavy atom. The minimum Gasteiger partial charge on any atom is -0.479 e. The van der Waals surface area contributed by atoms with Crippen LogP contribution in [0.3, 0.4) is 0 Å². The number of carbonyl (C=O) groups is 2. The molecule has 0 unspecified atom stereocenters. The van der Waals surface area contributed by atoms with Crippen molar-refractivity contribution >= 4 is 11.9 Å². The van der Waals surface area contributed by atoms with E-state index in [0.29, 0.717) is 4.90 Å². The predicted molar refractivity (Wildman–Crippen MR) is 44.6 cm³/mol. The van der Waals surface area contributed by atoms with Gasteiger partial charge in [-0.1, -0.05) is 0 Å². The molecule has 0 aromatic carbocycles. The van der Waals surface area contributed by atoms with Crippen molar-refractivity contribution in [3.05, 3.63) is 0 Å². The summed E-state index contributed by atoms with van der Waals surface area (Å²) >= 11 is 0. The van der Waals surface area contributed by atoms with Gasteiger partial charge in [0.25, 0.3) is 0 Å². The maximum atomic E-state index is 12.1. The van der Waals surface area contributed by atoms with Crippen LogP contribution in [0.2, 0.25) is 0 Å². The zero-order valence-corrected chi connectivity index (χ0v) is 8.32. The fourth-order valence-electron chi connectivity index (χ4n) is 1.43. The minimum atomic E-state index is -4.99. The lowest BCUT2D eigenvalue weighted by molar-refractivity contribution is -0.196. The van der Waals surface area contributed by atoms with Gasteiger partial charge < -0.3 is 14.7 Å². The maximum Gasteiger partial charge on any atom is 0.471 e. The Labute approximate surface area is 88.8 Å². The number of hydrogen-bond donors (Lipinski definition) is 1. The van der Waals surface area contributed by atoms with Gasteiger partial charge in [-0.05, 0) is 6.92 Å². The molecule has 2 atom stereocenters. The SMILES string of the molecule is C[C@@H]1CN(C(=O)C(F)(F)F)C[C@H](C(=O)O)O1. The molecule has 0 aromatic rings. The lowest BCUT2D eigenvalue weighted by Gasteiger charge is -2.35. The molecule has 16 heavy (non-hydrogen) atoms. The molecule has 1 rings (SSSR count). The lowest BCUT2D eigenvalue weighted by atomic mass is 10.2. The topological polar surface area (TPSA) is 66.8 Å². The molecule has 0 bridgehead atoms.